The van der Waals surface area contributed by atoms with Crippen LogP contribution < -0.4 is 24.8 Å². The number of hydrogen-bond donors (Lipinski definition) is 2. The molecular formula is C24H24N6O4. The van der Waals surface area contributed by atoms with E-state index in [1.54, 1.807) is 69.1 Å². The summed E-state index contributed by atoms with van der Waals surface area (Å²) in [6.07, 6.45) is 1.71. The second-order valence-corrected chi connectivity index (χ2v) is 7.32. The molecule has 0 atom stereocenters. The zero-order valence-electron chi connectivity index (χ0n) is 19.2. The number of anilines is 2. The summed E-state index contributed by atoms with van der Waals surface area (Å²) in [4.78, 5) is 16.6. The fourth-order valence-corrected chi connectivity index (χ4v) is 3.13. The standard InChI is InChI=1S/C24H24N6O4/c1-15-16(2)30(14-25-15)22-9-10-23(29-28-22)34-19-7-5-17(6-8-19)26-24(31)27-18-11-20(32-3)13-21(12-18)33-4/h5-14H,1-4H3,(H2,26,27,31). The van der Waals surface area contributed by atoms with E-state index in [2.05, 4.69) is 25.8 Å². The van der Waals surface area contributed by atoms with E-state index in [4.69, 9.17) is 14.2 Å². The molecule has 0 unspecified atom stereocenters. The van der Waals surface area contributed by atoms with Crippen LogP contribution in [-0.4, -0.2) is 40.0 Å². The van der Waals surface area contributed by atoms with Crippen LogP contribution in [0.3, 0.4) is 0 Å². The predicted octanol–water partition coefficient (Wildman–Crippen LogP) is 4.73. The Morgan fingerprint density at radius 2 is 1.50 bits per heavy atom. The van der Waals surface area contributed by atoms with Gasteiger partial charge in [0.1, 0.15) is 23.6 Å². The highest BCUT2D eigenvalue weighted by Gasteiger charge is 2.09. The Hall–Kier alpha value is -4.60. The van der Waals surface area contributed by atoms with Gasteiger partial charge in [-0.1, -0.05) is 0 Å². The molecule has 0 fully saturated rings. The van der Waals surface area contributed by atoms with Gasteiger partial charge in [0.15, 0.2) is 5.82 Å². The molecule has 10 heteroatoms. The van der Waals surface area contributed by atoms with Crippen molar-refractivity contribution in [1.29, 1.82) is 0 Å². The van der Waals surface area contributed by atoms with Crippen molar-refractivity contribution in [3.8, 4) is 28.9 Å². The van der Waals surface area contributed by atoms with Crippen LogP contribution in [0.2, 0.25) is 0 Å². The number of carbonyl (C=O) groups excluding carboxylic acids is 1. The van der Waals surface area contributed by atoms with E-state index in [0.29, 0.717) is 40.3 Å². The number of aryl methyl sites for hydroxylation is 1. The number of hydrogen-bond acceptors (Lipinski definition) is 7. The predicted molar refractivity (Wildman–Crippen MR) is 127 cm³/mol. The van der Waals surface area contributed by atoms with Gasteiger partial charge in [0.05, 0.1) is 19.9 Å². The zero-order chi connectivity index (χ0) is 24.1. The average Bonchev–Trinajstić information content (AvgIpc) is 3.18. The van der Waals surface area contributed by atoms with Crippen molar-refractivity contribution in [3.63, 3.8) is 0 Å². The highest BCUT2D eigenvalue weighted by Crippen LogP contribution is 2.26. The van der Waals surface area contributed by atoms with E-state index in [0.717, 1.165) is 11.4 Å². The largest absolute Gasteiger partial charge is 0.497 e. The van der Waals surface area contributed by atoms with Crippen molar-refractivity contribution in [2.45, 2.75) is 13.8 Å². The average molecular weight is 460 g/mol. The van der Waals surface area contributed by atoms with Crippen molar-refractivity contribution >= 4 is 17.4 Å². The van der Waals surface area contributed by atoms with Gasteiger partial charge in [-0.05, 0) is 44.2 Å². The molecule has 2 N–H and O–H groups in total. The lowest BCUT2D eigenvalue weighted by Crippen LogP contribution is -2.19. The number of ether oxygens (including phenoxy) is 3. The van der Waals surface area contributed by atoms with Crippen molar-refractivity contribution in [3.05, 3.63) is 72.3 Å². The van der Waals surface area contributed by atoms with Crippen LogP contribution in [0.15, 0.2) is 60.9 Å². The Bertz CT molecular complexity index is 1260. The summed E-state index contributed by atoms with van der Waals surface area (Å²) >= 11 is 0. The molecule has 34 heavy (non-hydrogen) atoms. The summed E-state index contributed by atoms with van der Waals surface area (Å²) in [5.74, 6) is 2.71. The van der Waals surface area contributed by atoms with Crippen LogP contribution in [0.4, 0.5) is 16.2 Å². The minimum atomic E-state index is -0.407. The normalized spacial score (nSPS) is 10.5. The third-order valence-electron chi connectivity index (χ3n) is 5.07. The smallest absolute Gasteiger partial charge is 0.323 e. The summed E-state index contributed by atoms with van der Waals surface area (Å²) in [5, 5.41) is 13.8. The van der Waals surface area contributed by atoms with Gasteiger partial charge in [-0.25, -0.2) is 9.78 Å². The number of aromatic nitrogens is 4. The molecule has 0 aliphatic rings. The van der Waals surface area contributed by atoms with Crippen LogP contribution in [0.25, 0.3) is 5.82 Å². The summed E-state index contributed by atoms with van der Waals surface area (Å²) in [6, 6.07) is 15.1. The van der Waals surface area contributed by atoms with E-state index in [9.17, 15) is 4.79 Å². The third-order valence-corrected chi connectivity index (χ3v) is 5.07. The number of methoxy groups -OCH3 is 2. The van der Waals surface area contributed by atoms with Crippen LogP contribution in [0, 0.1) is 13.8 Å². The molecular weight excluding hydrogens is 436 g/mol. The molecule has 174 valence electrons. The van der Waals surface area contributed by atoms with Crippen molar-refractivity contribution in [2.75, 3.05) is 24.9 Å². The molecule has 4 rings (SSSR count). The molecule has 0 saturated heterocycles. The van der Waals surface area contributed by atoms with Crippen molar-refractivity contribution < 1.29 is 19.0 Å². The van der Waals surface area contributed by atoms with Gasteiger partial charge in [0, 0.05) is 41.3 Å². The molecule has 0 spiro atoms. The minimum Gasteiger partial charge on any atom is -0.497 e. The number of nitrogens with zero attached hydrogens (tertiary/aromatic N) is 4. The highest BCUT2D eigenvalue weighted by molar-refractivity contribution is 6.00. The Morgan fingerprint density at radius 3 is 2.06 bits per heavy atom. The van der Waals surface area contributed by atoms with Crippen LogP contribution in [0.5, 0.6) is 23.1 Å². The number of carbonyl (C=O) groups is 1. The van der Waals surface area contributed by atoms with Gasteiger partial charge in [-0.3, -0.25) is 4.57 Å². The van der Waals surface area contributed by atoms with Crippen LogP contribution in [0.1, 0.15) is 11.4 Å². The first-order valence-corrected chi connectivity index (χ1v) is 10.4. The molecule has 0 aliphatic carbocycles. The lowest BCUT2D eigenvalue weighted by Gasteiger charge is -2.11. The lowest BCUT2D eigenvalue weighted by molar-refractivity contribution is 0.262. The van der Waals surface area contributed by atoms with Crippen molar-refractivity contribution in [2.24, 2.45) is 0 Å². The summed E-state index contributed by atoms with van der Waals surface area (Å²) in [5.41, 5.74) is 3.07. The van der Waals surface area contributed by atoms with Gasteiger partial charge >= 0.3 is 6.03 Å². The SMILES string of the molecule is COc1cc(NC(=O)Nc2ccc(Oc3ccc(-n4cnc(C)c4C)nn3)cc2)cc(OC)c1. The number of rotatable bonds is 7. The maximum atomic E-state index is 12.4. The monoisotopic (exact) mass is 460 g/mol. The topological polar surface area (TPSA) is 112 Å². The Morgan fingerprint density at radius 1 is 0.824 bits per heavy atom. The molecule has 0 radical (unpaired) electrons. The van der Waals surface area contributed by atoms with Gasteiger partial charge in [0.2, 0.25) is 5.88 Å². The number of imidazole rings is 1. The number of urea groups is 1. The fourth-order valence-electron chi connectivity index (χ4n) is 3.13. The van der Waals surface area contributed by atoms with E-state index in [1.165, 1.54) is 0 Å². The Labute approximate surface area is 196 Å². The van der Waals surface area contributed by atoms with Crippen LogP contribution >= 0.6 is 0 Å². The summed E-state index contributed by atoms with van der Waals surface area (Å²) in [7, 11) is 3.09. The lowest BCUT2D eigenvalue weighted by atomic mass is 10.2. The van der Waals surface area contributed by atoms with Crippen LogP contribution in [-0.2, 0) is 0 Å². The first-order chi connectivity index (χ1) is 16.4. The van der Waals surface area contributed by atoms with Crippen molar-refractivity contribution in [1.82, 2.24) is 19.7 Å². The molecule has 0 saturated carbocycles. The summed E-state index contributed by atoms with van der Waals surface area (Å²) < 4.78 is 18.0. The third kappa shape index (κ3) is 5.23. The zero-order valence-corrected chi connectivity index (χ0v) is 19.2. The maximum absolute atomic E-state index is 12.4. The van der Waals surface area contributed by atoms with Gasteiger partial charge < -0.3 is 24.8 Å². The molecule has 0 bridgehead atoms. The van der Waals surface area contributed by atoms with Gasteiger partial charge in [-0.2, -0.15) is 0 Å². The first kappa shape index (κ1) is 22.6. The molecule has 2 aromatic carbocycles. The minimum absolute atomic E-state index is 0.351. The number of amides is 2. The molecule has 4 aromatic rings. The van der Waals surface area contributed by atoms with E-state index >= 15 is 0 Å². The Kier molecular flexibility index (Phi) is 6.58. The molecule has 0 aliphatic heterocycles. The first-order valence-electron chi connectivity index (χ1n) is 10.4. The second kappa shape index (κ2) is 9.90. The van der Waals surface area contributed by atoms with Gasteiger partial charge in [0.25, 0.3) is 0 Å². The number of benzene rings is 2. The van der Waals surface area contributed by atoms with E-state index in [1.807, 2.05) is 24.5 Å². The molecule has 2 heterocycles. The Balaban J connectivity index is 1.36. The maximum Gasteiger partial charge on any atom is 0.323 e. The fraction of sp³-hybridized carbons (Fsp3) is 0.167. The highest BCUT2D eigenvalue weighted by atomic mass is 16.5. The van der Waals surface area contributed by atoms with Gasteiger partial charge in [-0.15, -0.1) is 10.2 Å². The quantitative estimate of drug-likeness (QED) is 0.410. The molecule has 10 nitrogen and oxygen atoms in total. The van der Waals surface area contributed by atoms with E-state index < -0.39 is 6.03 Å². The molecule has 2 amide bonds. The second-order valence-electron chi connectivity index (χ2n) is 7.32. The molecule has 2 aromatic heterocycles. The number of nitrogens with one attached hydrogen (secondary N) is 2. The van der Waals surface area contributed by atoms with E-state index in [-0.39, 0.29) is 0 Å². The summed E-state index contributed by atoms with van der Waals surface area (Å²) in [6.45, 7) is 3.91.